The van der Waals surface area contributed by atoms with Crippen LogP contribution in [0.5, 0.6) is 5.75 Å². The summed E-state index contributed by atoms with van der Waals surface area (Å²) >= 11 is 1.47. The number of benzene rings is 2. The van der Waals surface area contributed by atoms with Crippen LogP contribution in [0.25, 0.3) is 32.1 Å². The first kappa shape index (κ1) is 21.9. The molecule has 0 aliphatic heterocycles. The Balaban J connectivity index is 1.31. The first-order valence-electron chi connectivity index (χ1n) is 11.2. The van der Waals surface area contributed by atoms with Gasteiger partial charge in [0.2, 0.25) is 5.13 Å². The van der Waals surface area contributed by atoms with E-state index in [4.69, 9.17) is 9.72 Å². The highest BCUT2D eigenvalue weighted by molar-refractivity contribution is 7.20. The molecular weight excluding hydrogens is 474 g/mol. The number of hydrogen-bond acceptors (Lipinski definition) is 7. The summed E-state index contributed by atoms with van der Waals surface area (Å²) in [6.45, 7) is 3.72. The van der Waals surface area contributed by atoms with Crippen molar-refractivity contribution in [1.82, 2.24) is 29.5 Å². The Morgan fingerprint density at radius 2 is 1.83 bits per heavy atom. The number of hydrogen-bond donors (Lipinski definition) is 1. The van der Waals surface area contributed by atoms with Gasteiger partial charge in [-0.2, -0.15) is 14.9 Å². The lowest BCUT2D eigenvalue weighted by Gasteiger charge is -2.08. The molecule has 9 nitrogen and oxygen atoms in total. The second kappa shape index (κ2) is 8.58. The average molecular weight is 496 g/mol. The van der Waals surface area contributed by atoms with Crippen LogP contribution >= 0.6 is 11.3 Å². The van der Waals surface area contributed by atoms with Crippen LogP contribution in [-0.2, 0) is 0 Å². The Morgan fingerprint density at radius 1 is 0.972 bits per heavy atom. The molecule has 0 saturated carbocycles. The van der Waals surface area contributed by atoms with Crippen molar-refractivity contribution in [3.8, 4) is 16.7 Å². The molecule has 6 aromatic rings. The minimum Gasteiger partial charge on any atom is -0.497 e. The molecule has 0 fully saturated rings. The molecule has 0 saturated heterocycles. The number of nitrogens with one attached hydrogen (secondary N) is 1. The Kier molecular flexibility index (Phi) is 5.23. The summed E-state index contributed by atoms with van der Waals surface area (Å²) in [6, 6.07) is 19.3. The van der Waals surface area contributed by atoms with E-state index in [0.717, 1.165) is 32.6 Å². The Morgan fingerprint density at radius 3 is 2.69 bits per heavy atom. The molecule has 0 atom stereocenters. The Bertz CT molecular complexity index is 1770. The largest absolute Gasteiger partial charge is 0.497 e. The zero-order valence-electron chi connectivity index (χ0n) is 19.8. The number of fused-ring (bicyclic) bond motifs is 2. The SMILES string of the molecule is COc1ccc2nc(-n3nc(C)cc3NC(=O)c3cnn(-c4ccc5ccccc5n4)c3C)sc2c1. The van der Waals surface area contributed by atoms with Crippen molar-refractivity contribution >= 4 is 44.2 Å². The van der Waals surface area contributed by atoms with Gasteiger partial charge >= 0.3 is 0 Å². The second-order valence-corrected chi connectivity index (χ2v) is 9.29. The fourth-order valence-electron chi connectivity index (χ4n) is 4.07. The Labute approximate surface area is 210 Å². The van der Waals surface area contributed by atoms with E-state index in [1.807, 2.05) is 74.5 Å². The highest BCUT2D eigenvalue weighted by Gasteiger charge is 2.20. The van der Waals surface area contributed by atoms with Gasteiger partial charge in [-0.25, -0.2) is 14.6 Å². The predicted molar refractivity (Wildman–Crippen MR) is 140 cm³/mol. The number of carbonyl (C=O) groups is 1. The fourth-order valence-corrected chi connectivity index (χ4v) is 5.02. The monoisotopic (exact) mass is 495 g/mol. The maximum absolute atomic E-state index is 13.3. The summed E-state index contributed by atoms with van der Waals surface area (Å²) in [7, 11) is 1.63. The summed E-state index contributed by atoms with van der Waals surface area (Å²) in [5, 5.41) is 13.7. The van der Waals surface area contributed by atoms with Crippen molar-refractivity contribution in [1.29, 1.82) is 0 Å². The number of carbonyl (C=O) groups excluding carboxylic acids is 1. The van der Waals surface area contributed by atoms with E-state index in [0.29, 0.717) is 28.0 Å². The molecule has 1 N–H and O–H groups in total. The molecule has 0 unspecified atom stereocenters. The van der Waals surface area contributed by atoms with Crippen molar-refractivity contribution in [2.75, 3.05) is 12.4 Å². The number of amides is 1. The van der Waals surface area contributed by atoms with Gasteiger partial charge in [-0.1, -0.05) is 29.5 Å². The summed E-state index contributed by atoms with van der Waals surface area (Å²) in [5.74, 6) is 1.65. The number of pyridine rings is 1. The van der Waals surface area contributed by atoms with Gasteiger partial charge in [0.1, 0.15) is 11.6 Å². The lowest BCUT2D eigenvalue weighted by Crippen LogP contribution is -2.16. The number of aryl methyl sites for hydroxylation is 1. The molecule has 0 aliphatic rings. The van der Waals surface area contributed by atoms with Crippen molar-refractivity contribution in [3.63, 3.8) is 0 Å². The molecule has 4 heterocycles. The minimum atomic E-state index is -0.288. The van der Waals surface area contributed by atoms with E-state index < -0.39 is 0 Å². The van der Waals surface area contributed by atoms with Crippen LogP contribution in [0.2, 0.25) is 0 Å². The summed E-state index contributed by atoms with van der Waals surface area (Å²) in [4.78, 5) is 22.7. The third-order valence-electron chi connectivity index (χ3n) is 5.89. The van der Waals surface area contributed by atoms with Crippen LogP contribution in [-0.4, -0.2) is 42.5 Å². The number of ether oxygens (including phenoxy) is 1. The van der Waals surface area contributed by atoms with Gasteiger partial charge in [0.25, 0.3) is 5.91 Å². The van der Waals surface area contributed by atoms with Crippen molar-refractivity contribution in [2.45, 2.75) is 13.8 Å². The number of rotatable bonds is 5. The minimum absolute atomic E-state index is 0.288. The third-order valence-corrected chi connectivity index (χ3v) is 6.89. The number of methoxy groups -OCH3 is 1. The van der Waals surface area contributed by atoms with Crippen molar-refractivity contribution in [2.24, 2.45) is 0 Å². The van der Waals surface area contributed by atoms with E-state index in [-0.39, 0.29) is 5.91 Å². The molecule has 2 aromatic carbocycles. The van der Waals surface area contributed by atoms with Crippen LogP contribution in [0.15, 0.2) is 66.9 Å². The van der Waals surface area contributed by atoms with Gasteiger partial charge in [0, 0.05) is 11.5 Å². The number of anilines is 1. The van der Waals surface area contributed by atoms with Gasteiger partial charge in [0.15, 0.2) is 5.82 Å². The molecule has 1 amide bonds. The van der Waals surface area contributed by atoms with Gasteiger partial charge in [-0.15, -0.1) is 0 Å². The molecule has 0 aliphatic carbocycles. The van der Waals surface area contributed by atoms with Crippen LogP contribution in [0.4, 0.5) is 5.82 Å². The number of nitrogens with zero attached hydrogens (tertiary/aromatic N) is 6. The molecule has 6 rings (SSSR count). The lowest BCUT2D eigenvalue weighted by molar-refractivity contribution is 0.102. The number of thiazole rings is 1. The van der Waals surface area contributed by atoms with Crippen LogP contribution in [0.3, 0.4) is 0 Å². The predicted octanol–water partition coefficient (Wildman–Crippen LogP) is 5.09. The molecule has 0 spiro atoms. The molecule has 4 aromatic heterocycles. The fraction of sp³-hybridized carbons (Fsp3) is 0.115. The first-order valence-corrected chi connectivity index (χ1v) is 12.1. The van der Waals surface area contributed by atoms with E-state index >= 15 is 0 Å². The first-order chi connectivity index (χ1) is 17.5. The zero-order chi connectivity index (χ0) is 24.8. The van der Waals surface area contributed by atoms with Crippen LogP contribution in [0, 0.1) is 13.8 Å². The van der Waals surface area contributed by atoms with Crippen LogP contribution < -0.4 is 10.1 Å². The topological polar surface area (TPSA) is 99.7 Å². The zero-order valence-corrected chi connectivity index (χ0v) is 20.6. The molecule has 36 heavy (non-hydrogen) atoms. The normalized spacial score (nSPS) is 11.3. The summed E-state index contributed by atoms with van der Waals surface area (Å²) in [5.41, 5.74) is 3.59. The van der Waals surface area contributed by atoms with Crippen LogP contribution in [0.1, 0.15) is 21.7 Å². The quantitative estimate of drug-likeness (QED) is 0.357. The Hall–Kier alpha value is -4.57. The van der Waals surface area contributed by atoms with E-state index in [9.17, 15) is 4.79 Å². The molecule has 0 bridgehead atoms. The van der Waals surface area contributed by atoms with E-state index in [2.05, 4.69) is 20.5 Å². The van der Waals surface area contributed by atoms with E-state index in [1.165, 1.54) is 11.3 Å². The maximum Gasteiger partial charge on any atom is 0.260 e. The molecular formula is C26H21N7O2S. The number of aromatic nitrogens is 6. The van der Waals surface area contributed by atoms with Gasteiger partial charge in [0.05, 0.1) is 46.0 Å². The third kappa shape index (κ3) is 3.77. The second-order valence-electron chi connectivity index (χ2n) is 8.28. The average Bonchev–Trinajstić information content (AvgIpc) is 3.59. The molecule has 10 heteroatoms. The summed E-state index contributed by atoms with van der Waals surface area (Å²) in [6.07, 6.45) is 1.55. The van der Waals surface area contributed by atoms with Crippen molar-refractivity contribution < 1.29 is 9.53 Å². The van der Waals surface area contributed by atoms with Gasteiger partial charge in [-0.05, 0) is 50.2 Å². The van der Waals surface area contributed by atoms with Gasteiger partial charge in [-0.3, -0.25) is 4.79 Å². The highest BCUT2D eigenvalue weighted by atomic mass is 32.1. The standard InChI is InChI=1S/C26H21N7O2S/c1-15-12-24(33(31-15)26-29-21-10-9-18(35-3)13-22(21)36-26)30-25(34)19-14-27-32(16(19)2)23-11-8-17-6-4-5-7-20(17)28-23/h4-14H,1-3H3,(H,30,34). The van der Waals surface area contributed by atoms with Gasteiger partial charge < -0.3 is 10.1 Å². The smallest absolute Gasteiger partial charge is 0.260 e. The molecule has 178 valence electrons. The van der Waals surface area contributed by atoms with E-state index in [1.54, 1.807) is 22.7 Å². The highest BCUT2D eigenvalue weighted by Crippen LogP contribution is 2.30. The number of para-hydroxylation sites is 1. The molecule has 0 radical (unpaired) electrons. The van der Waals surface area contributed by atoms with Crippen molar-refractivity contribution in [3.05, 3.63) is 83.8 Å². The summed E-state index contributed by atoms with van der Waals surface area (Å²) < 4.78 is 9.61. The maximum atomic E-state index is 13.3. The lowest BCUT2D eigenvalue weighted by atomic mass is 10.2.